The molecule has 2 heterocycles. The van der Waals surface area contributed by atoms with Crippen molar-refractivity contribution in [3.63, 3.8) is 0 Å². The Labute approximate surface area is 133 Å². The van der Waals surface area contributed by atoms with Crippen LogP contribution in [0.5, 0.6) is 0 Å². The molecule has 0 unspecified atom stereocenters. The Morgan fingerprint density at radius 3 is 2.48 bits per heavy atom. The number of carbonyl (C=O) groups is 1. The number of nitrogens with one attached hydrogen (secondary N) is 1. The van der Waals surface area contributed by atoms with Gasteiger partial charge in [0, 0.05) is 31.2 Å². The molecule has 4 nitrogen and oxygen atoms in total. The maximum Gasteiger partial charge on any atom is 0.289 e. The van der Waals surface area contributed by atoms with Gasteiger partial charge in [-0.1, -0.05) is 6.07 Å². The van der Waals surface area contributed by atoms with Gasteiger partial charge in [0.2, 0.25) is 0 Å². The molecule has 1 fully saturated rings. The van der Waals surface area contributed by atoms with E-state index >= 15 is 0 Å². The lowest BCUT2D eigenvalue weighted by Gasteiger charge is -2.32. The molecule has 23 heavy (non-hydrogen) atoms. The van der Waals surface area contributed by atoms with E-state index in [9.17, 15) is 13.6 Å². The third kappa shape index (κ3) is 3.59. The largest absolute Gasteiger partial charge is 0.459 e. The number of amides is 1. The third-order valence-electron chi connectivity index (χ3n) is 4.14. The molecule has 1 aromatic carbocycles. The van der Waals surface area contributed by atoms with Crippen molar-refractivity contribution in [2.24, 2.45) is 0 Å². The first-order chi connectivity index (χ1) is 11.1. The average molecular weight is 320 g/mol. The van der Waals surface area contributed by atoms with Crippen LogP contribution in [0, 0.1) is 11.6 Å². The predicted molar refractivity (Wildman–Crippen MR) is 80.8 cm³/mol. The topological polar surface area (TPSA) is 45.5 Å². The first kappa shape index (κ1) is 15.7. The van der Waals surface area contributed by atoms with Gasteiger partial charge < -0.3 is 14.6 Å². The van der Waals surface area contributed by atoms with E-state index in [1.165, 1.54) is 24.5 Å². The number of nitrogens with zero attached hydrogens (tertiary/aromatic N) is 1. The Morgan fingerprint density at radius 2 is 1.87 bits per heavy atom. The molecule has 0 atom stereocenters. The minimum absolute atomic E-state index is 0.0570. The Morgan fingerprint density at radius 1 is 1.17 bits per heavy atom. The molecule has 3 rings (SSSR count). The first-order valence-electron chi connectivity index (χ1n) is 7.64. The summed E-state index contributed by atoms with van der Waals surface area (Å²) in [5.41, 5.74) is 0.0570. The van der Waals surface area contributed by atoms with Gasteiger partial charge in [0.1, 0.15) is 11.6 Å². The van der Waals surface area contributed by atoms with Crippen molar-refractivity contribution in [2.45, 2.75) is 25.4 Å². The molecule has 0 saturated carbocycles. The molecule has 1 aliphatic heterocycles. The van der Waals surface area contributed by atoms with Gasteiger partial charge in [-0.3, -0.25) is 4.79 Å². The van der Waals surface area contributed by atoms with E-state index in [0.29, 0.717) is 18.8 Å². The molecule has 0 aliphatic carbocycles. The van der Waals surface area contributed by atoms with Crippen LogP contribution >= 0.6 is 0 Å². The zero-order valence-electron chi connectivity index (χ0n) is 12.6. The van der Waals surface area contributed by atoms with Crippen LogP contribution in [-0.2, 0) is 6.54 Å². The van der Waals surface area contributed by atoms with Crippen LogP contribution in [0.2, 0.25) is 0 Å². The molecule has 1 aliphatic rings. The number of piperidine rings is 1. The minimum atomic E-state index is -0.539. The maximum absolute atomic E-state index is 13.6. The summed E-state index contributed by atoms with van der Waals surface area (Å²) >= 11 is 0. The number of benzene rings is 1. The number of hydrogen-bond donors (Lipinski definition) is 1. The summed E-state index contributed by atoms with van der Waals surface area (Å²) in [4.78, 5) is 13.9. The van der Waals surface area contributed by atoms with Crippen LogP contribution in [0.4, 0.5) is 8.78 Å². The van der Waals surface area contributed by atoms with Crippen LogP contribution in [0.25, 0.3) is 0 Å². The highest BCUT2D eigenvalue weighted by Gasteiger charge is 2.25. The average Bonchev–Trinajstić information content (AvgIpc) is 3.09. The maximum atomic E-state index is 13.6. The van der Waals surface area contributed by atoms with E-state index in [1.54, 1.807) is 17.0 Å². The van der Waals surface area contributed by atoms with Crippen molar-refractivity contribution in [1.82, 2.24) is 10.2 Å². The summed E-state index contributed by atoms with van der Waals surface area (Å²) < 4.78 is 32.3. The van der Waals surface area contributed by atoms with E-state index in [0.717, 1.165) is 12.8 Å². The first-order valence-corrected chi connectivity index (χ1v) is 7.64. The fourth-order valence-corrected chi connectivity index (χ4v) is 2.79. The highest BCUT2D eigenvalue weighted by atomic mass is 19.1. The van der Waals surface area contributed by atoms with Gasteiger partial charge >= 0.3 is 0 Å². The van der Waals surface area contributed by atoms with Crippen LogP contribution in [0.3, 0.4) is 0 Å². The smallest absolute Gasteiger partial charge is 0.289 e. The zero-order chi connectivity index (χ0) is 16.2. The minimum Gasteiger partial charge on any atom is -0.459 e. The lowest BCUT2D eigenvalue weighted by atomic mass is 10.0. The van der Waals surface area contributed by atoms with Crippen LogP contribution < -0.4 is 5.32 Å². The highest BCUT2D eigenvalue weighted by Crippen LogP contribution is 2.16. The Balaban J connectivity index is 1.51. The molecular formula is C17H18F2N2O2. The number of likely N-dealkylation sites (tertiary alicyclic amines) is 1. The molecule has 0 bridgehead atoms. The van der Waals surface area contributed by atoms with Gasteiger partial charge in [-0.05, 0) is 37.1 Å². The fourth-order valence-electron chi connectivity index (χ4n) is 2.79. The summed E-state index contributed by atoms with van der Waals surface area (Å²) in [5, 5.41) is 3.17. The molecule has 1 N–H and O–H groups in total. The van der Waals surface area contributed by atoms with Crippen molar-refractivity contribution in [3.05, 3.63) is 59.6 Å². The Bertz CT molecular complexity index is 645. The summed E-state index contributed by atoms with van der Waals surface area (Å²) in [6.07, 6.45) is 2.95. The molecule has 1 saturated heterocycles. The number of carbonyl (C=O) groups excluding carboxylic acids is 1. The Kier molecular flexibility index (Phi) is 4.71. The van der Waals surface area contributed by atoms with Gasteiger partial charge in [-0.25, -0.2) is 8.78 Å². The van der Waals surface area contributed by atoms with Crippen molar-refractivity contribution >= 4 is 5.91 Å². The fraction of sp³-hybridized carbons (Fsp3) is 0.353. The molecule has 122 valence electrons. The van der Waals surface area contributed by atoms with Crippen molar-refractivity contribution < 1.29 is 18.0 Å². The number of hydrogen-bond acceptors (Lipinski definition) is 3. The van der Waals surface area contributed by atoms with Gasteiger partial charge in [0.05, 0.1) is 6.26 Å². The number of furan rings is 1. The monoisotopic (exact) mass is 320 g/mol. The summed E-state index contributed by atoms with van der Waals surface area (Å²) in [6, 6.07) is 7.33. The van der Waals surface area contributed by atoms with Crippen LogP contribution in [-0.4, -0.2) is 29.9 Å². The summed E-state index contributed by atoms with van der Waals surface area (Å²) in [6.45, 7) is 1.34. The zero-order valence-corrected chi connectivity index (χ0v) is 12.6. The van der Waals surface area contributed by atoms with E-state index in [4.69, 9.17) is 4.42 Å². The highest BCUT2D eigenvalue weighted by molar-refractivity contribution is 5.91. The molecule has 1 aromatic heterocycles. The number of rotatable bonds is 4. The third-order valence-corrected chi connectivity index (χ3v) is 4.14. The molecule has 6 heteroatoms. The summed E-state index contributed by atoms with van der Waals surface area (Å²) in [5.74, 6) is -0.857. The molecule has 2 aromatic rings. The van der Waals surface area contributed by atoms with Crippen molar-refractivity contribution in [3.8, 4) is 0 Å². The second kappa shape index (κ2) is 6.91. The Hall–Kier alpha value is -2.21. The normalized spacial score (nSPS) is 15.8. The van der Waals surface area contributed by atoms with E-state index in [-0.39, 0.29) is 24.1 Å². The molecule has 0 radical (unpaired) electrons. The van der Waals surface area contributed by atoms with E-state index in [1.807, 2.05) is 0 Å². The van der Waals surface area contributed by atoms with Crippen molar-refractivity contribution in [2.75, 3.05) is 13.1 Å². The molecule has 1 amide bonds. The molecule has 0 spiro atoms. The number of halogens is 2. The lowest BCUT2D eigenvalue weighted by Crippen LogP contribution is -2.44. The lowest BCUT2D eigenvalue weighted by molar-refractivity contribution is 0.0672. The SMILES string of the molecule is O=C(c1ccco1)N1CCC(NCc2c(F)cccc2F)CC1. The van der Waals surface area contributed by atoms with Gasteiger partial charge in [0.15, 0.2) is 5.76 Å². The standard InChI is InChI=1S/C17H18F2N2O2/c18-14-3-1-4-15(19)13(14)11-20-12-6-8-21(9-7-12)17(22)16-5-2-10-23-16/h1-5,10,12,20H,6-9,11H2. The van der Waals surface area contributed by atoms with Gasteiger partial charge in [-0.2, -0.15) is 0 Å². The summed E-state index contributed by atoms with van der Waals surface area (Å²) in [7, 11) is 0. The van der Waals surface area contributed by atoms with Gasteiger partial charge in [0.25, 0.3) is 5.91 Å². The second-order valence-electron chi connectivity index (χ2n) is 5.62. The van der Waals surface area contributed by atoms with Crippen molar-refractivity contribution in [1.29, 1.82) is 0 Å². The molecular weight excluding hydrogens is 302 g/mol. The predicted octanol–water partition coefficient (Wildman–Crippen LogP) is 2.95. The quantitative estimate of drug-likeness (QED) is 0.942. The van der Waals surface area contributed by atoms with Crippen LogP contribution in [0.15, 0.2) is 41.0 Å². The van der Waals surface area contributed by atoms with E-state index in [2.05, 4.69) is 5.32 Å². The van der Waals surface area contributed by atoms with Gasteiger partial charge in [-0.15, -0.1) is 0 Å². The van der Waals surface area contributed by atoms with Crippen LogP contribution in [0.1, 0.15) is 29.0 Å². The van der Waals surface area contributed by atoms with E-state index < -0.39 is 11.6 Å². The second-order valence-corrected chi connectivity index (χ2v) is 5.62.